The summed E-state index contributed by atoms with van der Waals surface area (Å²) in [5.74, 6) is 14.2. The molecule has 0 spiro atoms. The summed E-state index contributed by atoms with van der Waals surface area (Å²) in [6.07, 6.45) is 31.5. The van der Waals surface area contributed by atoms with E-state index in [0.717, 1.165) is 143 Å². The van der Waals surface area contributed by atoms with Gasteiger partial charge in [-0.1, -0.05) is 6.07 Å². The third-order valence-corrected chi connectivity index (χ3v) is 25.2. The number of hydrogen-bond donors (Lipinski definition) is 0. The van der Waals surface area contributed by atoms with Crippen LogP contribution in [0.15, 0.2) is 24.3 Å². The second-order valence-electron chi connectivity index (χ2n) is 28.4. The van der Waals surface area contributed by atoms with Gasteiger partial charge in [0, 0.05) is 35.3 Å². The Kier molecular flexibility index (Phi) is 8.09. The highest BCUT2D eigenvalue weighted by atomic mass is 16.8. The number of aryl methyl sites for hydroxylation is 2. The first kappa shape index (κ1) is 39.5. The predicted molar refractivity (Wildman–Crippen MR) is 250 cm³/mol. The predicted octanol–water partition coefficient (Wildman–Crippen LogP) is 11.9. The molecule has 0 aromatic carbocycles. The summed E-state index contributed by atoms with van der Waals surface area (Å²) < 4.78 is 33.0. The summed E-state index contributed by atoms with van der Waals surface area (Å²) in [6.45, 7) is 0. The molecule has 0 amide bonds. The summed E-state index contributed by atoms with van der Waals surface area (Å²) >= 11 is 0. The first-order valence-electron chi connectivity index (χ1n) is 29.3. The summed E-state index contributed by atoms with van der Waals surface area (Å²) in [6, 6.07) is 8.84. The fraction of sp³-hybridized carbons (Fsp3) is 0.833. The van der Waals surface area contributed by atoms with Crippen LogP contribution in [0.4, 0.5) is 0 Å². The molecule has 4 heterocycles. The molecule has 22 rings (SSSR count). The van der Waals surface area contributed by atoms with Gasteiger partial charge in [0.05, 0.1) is 17.9 Å². The smallest absolute Gasteiger partial charge is 0.242 e. The van der Waals surface area contributed by atoms with Crippen LogP contribution in [0.1, 0.15) is 176 Å². The van der Waals surface area contributed by atoms with Crippen molar-refractivity contribution in [2.24, 2.45) is 118 Å². The maximum absolute atomic E-state index is 15.5. The van der Waals surface area contributed by atoms with Crippen LogP contribution in [0.25, 0.3) is 11.4 Å². The number of fused-ring (bicyclic) bond motifs is 6. The first-order valence-corrected chi connectivity index (χ1v) is 29.3. The van der Waals surface area contributed by atoms with Crippen molar-refractivity contribution in [2.45, 2.75) is 190 Å². The van der Waals surface area contributed by atoms with Crippen molar-refractivity contribution < 1.29 is 23.7 Å². The van der Waals surface area contributed by atoms with Crippen molar-refractivity contribution in [1.82, 2.24) is 4.98 Å². The number of nitrogens with zero attached hydrogens (tertiary/aromatic N) is 2. The molecule has 2 aromatic heterocycles. The van der Waals surface area contributed by atoms with Gasteiger partial charge < -0.3 is 24.2 Å². The molecule has 2 aliphatic heterocycles. The van der Waals surface area contributed by atoms with Crippen molar-refractivity contribution in [2.75, 3.05) is 0 Å². The van der Waals surface area contributed by atoms with Gasteiger partial charge >= 0.3 is 0 Å². The maximum atomic E-state index is 15.5. The first-order chi connectivity index (χ1) is 32.9. The summed E-state index contributed by atoms with van der Waals surface area (Å²) in [5.41, 5.74) is 5.83. The van der Waals surface area contributed by atoms with Crippen molar-refractivity contribution in [1.29, 1.82) is 0 Å². The largest absolute Gasteiger partial charge is 0.618 e. The molecule has 7 heteroatoms. The van der Waals surface area contributed by atoms with E-state index in [9.17, 15) is 0 Å². The van der Waals surface area contributed by atoms with Crippen LogP contribution < -0.4 is 4.73 Å². The SMILES string of the molecule is [O-][n+]1c(-c2ccc3c(n2)[C@H]2OC(C4C5CC6CC(C5)CC4C6)(C4C5CC6CC(C5)CC4C6)O[C@H]2CC3)ccc2c1[C@H]1OC(C3C4CC5CC(C4)CC3C5)(C3C4CC5CC(C4)CC3C5)O[C@H]1CC2. The highest BCUT2D eigenvalue weighted by molar-refractivity contribution is 5.54. The van der Waals surface area contributed by atoms with Gasteiger partial charge in [-0.05, 0) is 266 Å². The van der Waals surface area contributed by atoms with Gasteiger partial charge in [0.15, 0.2) is 17.7 Å². The zero-order chi connectivity index (χ0) is 43.2. The summed E-state index contributed by atoms with van der Waals surface area (Å²) in [7, 11) is 0. The minimum atomic E-state index is -0.551. The van der Waals surface area contributed by atoms with Gasteiger partial charge in [-0.25, -0.2) is 4.98 Å². The fourth-order valence-electron chi connectivity index (χ4n) is 24.5. The normalized spacial score (nSPS) is 57.0. The van der Waals surface area contributed by atoms with Gasteiger partial charge in [0.2, 0.25) is 11.4 Å². The van der Waals surface area contributed by atoms with E-state index in [1.165, 1.54) is 139 Å². The Morgan fingerprint density at radius 3 is 1.19 bits per heavy atom. The summed E-state index contributed by atoms with van der Waals surface area (Å²) in [5, 5.41) is 15.5. The molecule has 18 aliphatic carbocycles. The van der Waals surface area contributed by atoms with Crippen LogP contribution in [0.3, 0.4) is 0 Å². The topological polar surface area (TPSA) is 76.8 Å². The molecule has 4 atom stereocenters. The lowest BCUT2D eigenvalue weighted by Crippen LogP contribution is -2.64. The third kappa shape index (κ3) is 5.36. The minimum Gasteiger partial charge on any atom is -0.618 e. The van der Waals surface area contributed by atoms with Crippen LogP contribution in [0.2, 0.25) is 0 Å². The molecular weight excluding hydrogens is 829 g/mol. The average molecular weight is 905 g/mol. The van der Waals surface area contributed by atoms with Crippen molar-refractivity contribution in [3.8, 4) is 11.4 Å². The highest BCUT2D eigenvalue weighted by Crippen LogP contribution is 2.72. The molecule has 0 unspecified atom stereocenters. The molecule has 20 aliphatic rings. The number of rotatable bonds is 5. The van der Waals surface area contributed by atoms with E-state index in [-0.39, 0.29) is 24.4 Å². The van der Waals surface area contributed by atoms with Gasteiger partial charge in [-0.15, -0.1) is 0 Å². The zero-order valence-corrected chi connectivity index (χ0v) is 40.1. The Balaban J connectivity index is 0.712. The zero-order valence-electron chi connectivity index (χ0n) is 40.1. The lowest BCUT2D eigenvalue weighted by atomic mass is 9.44. The van der Waals surface area contributed by atoms with E-state index >= 15 is 5.21 Å². The Morgan fingerprint density at radius 1 is 0.418 bits per heavy atom. The highest BCUT2D eigenvalue weighted by Gasteiger charge is 2.71. The monoisotopic (exact) mass is 905 g/mol. The van der Waals surface area contributed by atoms with E-state index in [4.69, 9.17) is 23.9 Å². The van der Waals surface area contributed by atoms with Crippen molar-refractivity contribution in [3.05, 3.63) is 52.0 Å². The van der Waals surface area contributed by atoms with E-state index in [2.05, 4.69) is 24.3 Å². The molecule has 67 heavy (non-hydrogen) atoms. The number of hydrogen-bond acceptors (Lipinski definition) is 6. The standard InChI is InChI=1S/C60H76N2O5/c63-62-48(6-2-38-4-8-50-58(56(38)62)67-60(65-50,53-43-21-33-11-34(23-43)24-44(53)22-33)54-45-25-35-12-36(27-45)28-46(54)26-35)47-5-1-37-3-7-49-57(55(37)61-47)66-59(64-49,51-39-13-29-9-30(15-39)16-40(51)14-29)52-41-17-31-10-32(19-41)20-42(52)18-31/h1-2,5-6,29-36,39-46,49-54,57-58H,3-4,7-28H2/t29?,30?,31?,32?,33?,34?,35?,36?,39?,40?,41?,42?,43?,44?,45?,46?,49-,50-,51?,52?,53?,54?,57-,58-,59?,60?/m0/s1. The number of aromatic nitrogens is 2. The van der Waals surface area contributed by atoms with E-state index < -0.39 is 11.6 Å². The molecule has 356 valence electrons. The van der Waals surface area contributed by atoms with Crippen LogP contribution >= 0.6 is 0 Å². The van der Waals surface area contributed by atoms with E-state index in [1.807, 2.05) is 0 Å². The summed E-state index contributed by atoms with van der Waals surface area (Å²) in [4.78, 5) is 5.64. The lowest BCUT2D eigenvalue weighted by Gasteiger charge is -2.64. The van der Waals surface area contributed by atoms with E-state index in [0.29, 0.717) is 29.4 Å². The minimum absolute atomic E-state index is 0.0424. The Labute approximate surface area is 398 Å². The van der Waals surface area contributed by atoms with Crippen LogP contribution in [-0.2, 0) is 31.8 Å². The maximum Gasteiger partial charge on any atom is 0.242 e. The van der Waals surface area contributed by atoms with Crippen LogP contribution in [-0.4, -0.2) is 28.8 Å². The molecular formula is C60H76N2O5. The molecule has 0 radical (unpaired) electrons. The number of pyridine rings is 2. The van der Waals surface area contributed by atoms with Crippen molar-refractivity contribution >= 4 is 0 Å². The average Bonchev–Trinajstić information content (AvgIpc) is 3.88. The molecule has 16 saturated carbocycles. The Hall–Kier alpha value is -2.06. The lowest BCUT2D eigenvalue weighted by molar-refractivity contribution is -0.609. The molecule has 16 bridgehead atoms. The van der Waals surface area contributed by atoms with Gasteiger partial charge in [0.1, 0.15) is 11.8 Å². The second-order valence-corrected chi connectivity index (χ2v) is 28.4. The van der Waals surface area contributed by atoms with Crippen LogP contribution in [0.5, 0.6) is 0 Å². The third-order valence-electron chi connectivity index (χ3n) is 25.2. The second kappa shape index (κ2) is 13.7. The van der Waals surface area contributed by atoms with Crippen molar-refractivity contribution in [3.63, 3.8) is 0 Å². The van der Waals surface area contributed by atoms with Gasteiger partial charge in [-0.3, -0.25) is 0 Å². The Bertz CT molecular complexity index is 2210. The molecule has 2 saturated heterocycles. The fourth-order valence-corrected chi connectivity index (χ4v) is 24.5. The quantitative estimate of drug-likeness (QED) is 0.220. The molecule has 0 N–H and O–H groups in total. The number of ether oxygens (including phenoxy) is 4. The van der Waals surface area contributed by atoms with Gasteiger partial charge in [0.25, 0.3) is 0 Å². The van der Waals surface area contributed by atoms with E-state index in [1.54, 1.807) is 0 Å². The molecule has 18 fully saturated rings. The van der Waals surface area contributed by atoms with Crippen LogP contribution in [0, 0.1) is 124 Å². The molecule has 2 aromatic rings. The Morgan fingerprint density at radius 2 is 0.776 bits per heavy atom. The van der Waals surface area contributed by atoms with Gasteiger partial charge in [-0.2, -0.15) is 4.73 Å². The molecule has 7 nitrogen and oxygen atoms in total.